The Kier molecular flexibility index (Phi) is 6.59. The van der Waals surface area contributed by atoms with E-state index in [-0.39, 0.29) is 11.2 Å². The largest absolute Gasteiger partial charge is 0.355 e. The van der Waals surface area contributed by atoms with Crippen LogP contribution >= 0.6 is 11.8 Å². The fourth-order valence-electron chi connectivity index (χ4n) is 2.60. The Hall–Kier alpha value is -2.67. The van der Waals surface area contributed by atoms with Gasteiger partial charge in [-0.25, -0.2) is 0 Å². The molecule has 6 nitrogen and oxygen atoms in total. The van der Waals surface area contributed by atoms with Crippen molar-refractivity contribution in [2.75, 3.05) is 6.54 Å². The lowest BCUT2D eigenvalue weighted by Crippen LogP contribution is -2.31. The van der Waals surface area contributed by atoms with Crippen LogP contribution in [-0.2, 0) is 11.3 Å². The Morgan fingerprint density at radius 3 is 2.59 bits per heavy atom. The van der Waals surface area contributed by atoms with Crippen LogP contribution in [0.4, 0.5) is 0 Å². The van der Waals surface area contributed by atoms with Crippen molar-refractivity contribution in [1.29, 1.82) is 0 Å². The summed E-state index contributed by atoms with van der Waals surface area (Å²) in [7, 11) is 0. The summed E-state index contributed by atoms with van der Waals surface area (Å²) in [5, 5.41) is 12.2. The van der Waals surface area contributed by atoms with Crippen LogP contribution in [0.1, 0.15) is 25.8 Å². The molecular formula is C20H23N5OS. The minimum Gasteiger partial charge on any atom is -0.355 e. The molecule has 0 fully saturated rings. The van der Waals surface area contributed by atoms with Gasteiger partial charge in [-0.2, -0.15) is 0 Å². The number of hydrogen-bond donors (Lipinski definition) is 1. The van der Waals surface area contributed by atoms with Crippen molar-refractivity contribution in [1.82, 2.24) is 25.1 Å². The van der Waals surface area contributed by atoms with Crippen molar-refractivity contribution in [2.24, 2.45) is 0 Å². The summed E-state index contributed by atoms with van der Waals surface area (Å²) < 4.78 is 2.05. The van der Waals surface area contributed by atoms with Gasteiger partial charge in [0.05, 0.1) is 11.8 Å². The van der Waals surface area contributed by atoms with Gasteiger partial charge in [-0.3, -0.25) is 14.3 Å². The van der Waals surface area contributed by atoms with Crippen LogP contribution in [0.3, 0.4) is 0 Å². The summed E-state index contributed by atoms with van der Waals surface area (Å²) in [4.78, 5) is 16.3. The highest BCUT2D eigenvalue weighted by atomic mass is 32.2. The monoisotopic (exact) mass is 381 g/mol. The molecule has 27 heavy (non-hydrogen) atoms. The third-order valence-electron chi connectivity index (χ3n) is 4.04. The lowest BCUT2D eigenvalue weighted by atomic mass is 10.2. The van der Waals surface area contributed by atoms with Crippen LogP contribution in [0, 0.1) is 0 Å². The van der Waals surface area contributed by atoms with Crippen molar-refractivity contribution < 1.29 is 4.79 Å². The van der Waals surface area contributed by atoms with Crippen LogP contribution in [0.15, 0.2) is 60.0 Å². The number of pyridine rings is 1. The molecule has 0 radical (unpaired) electrons. The smallest absolute Gasteiger partial charge is 0.233 e. The van der Waals surface area contributed by atoms with Gasteiger partial charge in [0.15, 0.2) is 11.0 Å². The predicted molar refractivity (Wildman–Crippen MR) is 107 cm³/mol. The van der Waals surface area contributed by atoms with Gasteiger partial charge >= 0.3 is 0 Å². The number of nitrogens with one attached hydrogen (secondary N) is 1. The fourth-order valence-corrected chi connectivity index (χ4v) is 3.48. The topological polar surface area (TPSA) is 72.7 Å². The standard InChI is InChI=1S/C20H23N5OS/c1-3-11-22-19(26)15(2)27-20-24-23-18(17-9-12-21-13-10-17)25(20)14-16-7-5-4-6-8-16/h4-10,12-13,15H,3,11,14H2,1-2H3,(H,22,26)/t15-/m0/s1. The molecule has 0 bridgehead atoms. The Bertz CT molecular complexity index is 867. The van der Waals surface area contributed by atoms with E-state index in [1.165, 1.54) is 11.8 Å². The molecule has 1 amide bonds. The highest BCUT2D eigenvalue weighted by Gasteiger charge is 2.20. The summed E-state index contributed by atoms with van der Waals surface area (Å²) in [6.45, 7) is 5.25. The molecule has 0 unspecified atom stereocenters. The highest BCUT2D eigenvalue weighted by Crippen LogP contribution is 2.27. The molecule has 2 aromatic heterocycles. The zero-order valence-electron chi connectivity index (χ0n) is 15.5. The zero-order chi connectivity index (χ0) is 19.1. The average Bonchev–Trinajstić information content (AvgIpc) is 3.09. The number of carbonyl (C=O) groups excluding carboxylic acids is 1. The molecule has 1 atom stereocenters. The van der Waals surface area contributed by atoms with E-state index in [9.17, 15) is 4.79 Å². The summed E-state index contributed by atoms with van der Waals surface area (Å²) in [5.74, 6) is 0.784. The molecule has 0 spiro atoms. The predicted octanol–water partition coefficient (Wildman–Crippen LogP) is 3.40. The molecule has 0 saturated carbocycles. The van der Waals surface area contributed by atoms with Crippen LogP contribution < -0.4 is 5.32 Å². The molecule has 0 aliphatic heterocycles. The number of aromatic nitrogens is 4. The van der Waals surface area contributed by atoms with Crippen LogP contribution in [0.2, 0.25) is 0 Å². The fraction of sp³-hybridized carbons (Fsp3) is 0.300. The van der Waals surface area contributed by atoms with Gasteiger partial charge in [0, 0.05) is 24.5 Å². The normalized spacial score (nSPS) is 11.9. The van der Waals surface area contributed by atoms with Gasteiger partial charge in [0.2, 0.25) is 5.91 Å². The first kappa shape index (κ1) is 19.1. The van der Waals surface area contributed by atoms with E-state index in [4.69, 9.17) is 0 Å². The molecular weight excluding hydrogens is 358 g/mol. The van der Waals surface area contributed by atoms with E-state index in [0.717, 1.165) is 28.5 Å². The summed E-state index contributed by atoms with van der Waals surface area (Å²) >= 11 is 1.43. The third-order valence-corrected chi connectivity index (χ3v) is 5.12. The van der Waals surface area contributed by atoms with Gasteiger partial charge in [-0.05, 0) is 31.0 Å². The zero-order valence-corrected chi connectivity index (χ0v) is 16.3. The van der Waals surface area contributed by atoms with E-state index in [1.807, 2.05) is 44.2 Å². The molecule has 3 rings (SSSR count). The Labute approximate surface area is 163 Å². The number of nitrogens with zero attached hydrogens (tertiary/aromatic N) is 4. The van der Waals surface area contributed by atoms with Crippen molar-refractivity contribution in [3.63, 3.8) is 0 Å². The van der Waals surface area contributed by atoms with E-state index in [2.05, 4.69) is 37.2 Å². The number of thioether (sulfide) groups is 1. The lowest BCUT2D eigenvalue weighted by molar-refractivity contribution is -0.120. The first-order valence-corrected chi connectivity index (χ1v) is 9.89. The van der Waals surface area contributed by atoms with E-state index in [1.54, 1.807) is 12.4 Å². The summed E-state index contributed by atoms with van der Waals surface area (Å²) in [5.41, 5.74) is 2.10. The van der Waals surface area contributed by atoms with Gasteiger partial charge in [-0.15, -0.1) is 10.2 Å². The molecule has 1 N–H and O–H groups in total. The number of carbonyl (C=O) groups is 1. The first-order valence-electron chi connectivity index (χ1n) is 9.01. The van der Waals surface area contributed by atoms with Gasteiger partial charge in [0.1, 0.15) is 0 Å². The molecule has 7 heteroatoms. The van der Waals surface area contributed by atoms with Crippen molar-refractivity contribution in [3.05, 3.63) is 60.4 Å². The quantitative estimate of drug-likeness (QED) is 0.606. The van der Waals surface area contributed by atoms with E-state index < -0.39 is 0 Å². The molecule has 3 aromatic rings. The summed E-state index contributed by atoms with van der Waals surface area (Å²) in [6, 6.07) is 14.0. The molecule has 140 valence electrons. The second kappa shape index (κ2) is 9.32. The Morgan fingerprint density at radius 1 is 1.15 bits per heavy atom. The van der Waals surface area contributed by atoms with E-state index >= 15 is 0 Å². The number of amides is 1. The number of rotatable bonds is 8. The van der Waals surface area contributed by atoms with Crippen LogP contribution in [-0.4, -0.2) is 37.5 Å². The third kappa shape index (κ3) is 4.95. The second-order valence-electron chi connectivity index (χ2n) is 6.16. The van der Waals surface area contributed by atoms with Gasteiger partial charge < -0.3 is 5.32 Å². The molecule has 1 aromatic carbocycles. The van der Waals surface area contributed by atoms with Crippen molar-refractivity contribution in [2.45, 2.75) is 37.2 Å². The van der Waals surface area contributed by atoms with Gasteiger partial charge in [0.25, 0.3) is 0 Å². The molecule has 0 aliphatic rings. The highest BCUT2D eigenvalue weighted by molar-refractivity contribution is 8.00. The number of benzene rings is 1. The Morgan fingerprint density at radius 2 is 1.89 bits per heavy atom. The maximum atomic E-state index is 12.3. The minimum atomic E-state index is -0.249. The van der Waals surface area contributed by atoms with Crippen molar-refractivity contribution in [3.8, 4) is 11.4 Å². The molecule has 0 aliphatic carbocycles. The number of hydrogen-bond acceptors (Lipinski definition) is 5. The average molecular weight is 382 g/mol. The SMILES string of the molecule is CCCNC(=O)[C@H](C)Sc1nnc(-c2ccncc2)n1Cc1ccccc1. The van der Waals surface area contributed by atoms with Crippen LogP contribution in [0.5, 0.6) is 0 Å². The molecule has 0 saturated heterocycles. The Balaban J connectivity index is 1.89. The lowest BCUT2D eigenvalue weighted by Gasteiger charge is -2.14. The molecule has 2 heterocycles. The minimum absolute atomic E-state index is 0.0153. The maximum absolute atomic E-state index is 12.3. The maximum Gasteiger partial charge on any atom is 0.233 e. The first-order chi connectivity index (χ1) is 13.2. The van der Waals surface area contributed by atoms with Crippen molar-refractivity contribution >= 4 is 17.7 Å². The van der Waals surface area contributed by atoms with Crippen LogP contribution in [0.25, 0.3) is 11.4 Å². The van der Waals surface area contributed by atoms with Gasteiger partial charge in [-0.1, -0.05) is 49.0 Å². The summed E-state index contributed by atoms with van der Waals surface area (Å²) in [6.07, 6.45) is 4.40. The van der Waals surface area contributed by atoms with E-state index in [0.29, 0.717) is 13.1 Å². The second-order valence-corrected chi connectivity index (χ2v) is 7.47.